The lowest BCUT2D eigenvalue weighted by Crippen LogP contribution is -2.48. The topological polar surface area (TPSA) is 96.0 Å². The van der Waals surface area contributed by atoms with Gasteiger partial charge in [0.05, 0.1) is 30.1 Å². The number of aliphatic hydroxyl groups is 1. The maximum absolute atomic E-state index is 13.8. The highest BCUT2D eigenvalue weighted by Gasteiger charge is 2.43. The number of hydrogen-bond acceptors (Lipinski definition) is 6. The van der Waals surface area contributed by atoms with Crippen molar-refractivity contribution >= 4 is 28.7 Å². The number of nitrogens with zero attached hydrogens (tertiary/aromatic N) is 6. The van der Waals surface area contributed by atoms with Gasteiger partial charge < -0.3 is 10.0 Å². The third-order valence-electron chi connectivity index (χ3n) is 6.43. The predicted octanol–water partition coefficient (Wildman–Crippen LogP) is 3.36. The Morgan fingerprint density at radius 1 is 1.20 bits per heavy atom. The number of pyridine rings is 1. The monoisotopic (exact) mass is 490 g/mol. The SMILES string of the molecule is O=C(c1cc2c(cn1)c(C1=NC=C(F)C=CC=NC1)nn2CC(F)(F)F)N1C2CCC1CC(O)C2. The first-order valence-electron chi connectivity index (χ1n) is 11.2. The van der Waals surface area contributed by atoms with E-state index in [1.165, 1.54) is 24.6 Å². The van der Waals surface area contributed by atoms with Crippen LogP contribution in [0.15, 0.2) is 46.4 Å². The highest BCUT2D eigenvalue weighted by molar-refractivity contribution is 6.11. The number of carbonyl (C=O) groups is 1. The third-order valence-corrected chi connectivity index (χ3v) is 6.43. The Bertz CT molecular complexity index is 1260. The molecule has 35 heavy (non-hydrogen) atoms. The van der Waals surface area contributed by atoms with Gasteiger partial charge in [-0.2, -0.15) is 18.3 Å². The summed E-state index contributed by atoms with van der Waals surface area (Å²) in [7, 11) is 0. The van der Waals surface area contributed by atoms with Crippen molar-refractivity contribution in [1.82, 2.24) is 19.7 Å². The van der Waals surface area contributed by atoms with Crippen LogP contribution in [0.5, 0.6) is 0 Å². The summed E-state index contributed by atoms with van der Waals surface area (Å²) >= 11 is 0. The van der Waals surface area contributed by atoms with Crippen molar-refractivity contribution in [1.29, 1.82) is 0 Å². The minimum Gasteiger partial charge on any atom is -0.393 e. The molecule has 3 aliphatic heterocycles. The summed E-state index contributed by atoms with van der Waals surface area (Å²) in [5.74, 6) is -1.03. The maximum Gasteiger partial charge on any atom is 0.408 e. The van der Waals surface area contributed by atoms with Gasteiger partial charge in [0, 0.05) is 29.9 Å². The van der Waals surface area contributed by atoms with Crippen molar-refractivity contribution in [2.75, 3.05) is 6.54 Å². The van der Waals surface area contributed by atoms with Gasteiger partial charge in [-0.3, -0.25) is 24.4 Å². The number of rotatable bonds is 3. The molecule has 2 atom stereocenters. The molecule has 0 aromatic carbocycles. The second-order valence-electron chi connectivity index (χ2n) is 8.87. The lowest BCUT2D eigenvalue weighted by Gasteiger charge is -2.37. The van der Waals surface area contributed by atoms with Crippen LogP contribution in [-0.2, 0) is 6.54 Å². The van der Waals surface area contributed by atoms with Crippen molar-refractivity contribution in [2.45, 2.75) is 56.6 Å². The molecule has 0 aliphatic carbocycles. The number of amides is 1. The molecule has 0 saturated carbocycles. The summed E-state index contributed by atoms with van der Waals surface area (Å²) in [5.41, 5.74) is 0.314. The first-order valence-corrected chi connectivity index (χ1v) is 11.2. The van der Waals surface area contributed by atoms with Crippen LogP contribution in [0, 0.1) is 0 Å². The molecule has 2 aromatic rings. The highest BCUT2D eigenvalue weighted by atomic mass is 19.4. The zero-order valence-corrected chi connectivity index (χ0v) is 18.5. The molecule has 2 aromatic heterocycles. The van der Waals surface area contributed by atoms with Gasteiger partial charge in [-0.05, 0) is 43.9 Å². The van der Waals surface area contributed by atoms with Crippen molar-refractivity contribution < 1.29 is 27.5 Å². The number of allylic oxidation sites excluding steroid dienone is 3. The molecule has 2 saturated heterocycles. The summed E-state index contributed by atoms with van der Waals surface area (Å²) in [6, 6.07) is 1.07. The smallest absolute Gasteiger partial charge is 0.393 e. The lowest BCUT2D eigenvalue weighted by atomic mass is 9.99. The van der Waals surface area contributed by atoms with Gasteiger partial charge in [0.1, 0.15) is 23.8 Å². The Hall–Kier alpha value is -3.41. The number of carbonyl (C=O) groups excluding carboxylic acids is 1. The minimum atomic E-state index is -4.57. The Morgan fingerprint density at radius 3 is 2.66 bits per heavy atom. The second-order valence-corrected chi connectivity index (χ2v) is 8.87. The zero-order chi connectivity index (χ0) is 24.7. The Labute approximate surface area is 197 Å². The van der Waals surface area contributed by atoms with Crippen molar-refractivity contribution in [3.63, 3.8) is 0 Å². The molecule has 12 heteroatoms. The minimum absolute atomic E-state index is 0.00484. The van der Waals surface area contributed by atoms with E-state index in [0.717, 1.165) is 29.8 Å². The second kappa shape index (κ2) is 8.99. The molecular formula is C23H22F4N6O2. The fraction of sp³-hybridized carbons (Fsp3) is 0.435. The standard InChI is InChI=1S/C23H22F4N6O2/c24-13-2-1-5-28-11-19(29-9-13)21-17-10-30-18(8-20(17)32(31-21)12-23(25,26)27)22(35)33-14-3-4-15(33)7-16(34)6-14/h1-2,5,8-10,14-16,34H,3-4,6-7,11-12H2. The van der Waals surface area contributed by atoms with Crippen LogP contribution in [0.1, 0.15) is 41.9 Å². The fourth-order valence-corrected chi connectivity index (χ4v) is 5.00. The molecular weight excluding hydrogens is 468 g/mol. The zero-order valence-electron chi connectivity index (χ0n) is 18.5. The van der Waals surface area contributed by atoms with Crippen LogP contribution >= 0.6 is 0 Å². The van der Waals surface area contributed by atoms with Gasteiger partial charge in [-0.25, -0.2) is 4.39 Å². The summed E-state index contributed by atoms with van der Waals surface area (Å²) in [6.07, 6.45) is 3.60. The van der Waals surface area contributed by atoms with Gasteiger partial charge in [-0.1, -0.05) is 0 Å². The quantitative estimate of drug-likeness (QED) is 0.668. The van der Waals surface area contributed by atoms with Crippen LogP contribution in [0.2, 0.25) is 0 Å². The number of piperidine rings is 1. The first kappa shape index (κ1) is 23.3. The van der Waals surface area contributed by atoms with Crippen LogP contribution in [0.25, 0.3) is 10.9 Å². The van der Waals surface area contributed by atoms with E-state index in [4.69, 9.17) is 0 Å². The van der Waals surface area contributed by atoms with Crippen LogP contribution in [0.4, 0.5) is 17.6 Å². The van der Waals surface area contributed by atoms with Crippen LogP contribution in [-0.4, -0.2) is 73.5 Å². The average molecular weight is 490 g/mol. The van der Waals surface area contributed by atoms with E-state index in [1.807, 2.05) is 0 Å². The van der Waals surface area contributed by atoms with E-state index < -0.39 is 24.7 Å². The number of aliphatic hydroxyl groups excluding tert-OH is 1. The first-order chi connectivity index (χ1) is 16.7. The molecule has 2 fully saturated rings. The van der Waals surface area contributed by atoms with Gasteiger partial charge in [-0.15, -0.1) is 0 Å². The number of hydrogen-bond donors (Lipinski definition) is 1. The lowest BCUT2D eigenvalue weighted by molar-refractivity contribution is -0.141. The normalized spacial score (nSPS) is 24.7. The summed E-state index contributed by atoms with van der Waals surface area (Å²) in [4.78, 5) is 27.4. The molecule has 184 valence electrons. The molecule has 3 aliphatic rings. The van der Waals surface area contributed by atoms with E-state index in [-0.39, 0.29) is 52.5 Å². The van der Waals surface area contributed by atoms with Crippen molar-refractivity contribution in [3.8, 4) is 0 Å². The number of fused-ring (bicyclic) bond motifs is 3. The van der Waals surface area contributed by atoms with Crippen molar-refractivity contribution in [3.05, 3.63) is 47.8 Å². The van der Waals surface area contributed by atoms with Gasteiger partial charge in [0.25, 0.3) is 5.91 Å². The molecule has 1 N–H and O–H groups in total. The third kappa shape index (κ3) is 4.75. The van der Waals surface area contributed by atoms with Gasteiger partial charge in [0.15, 0.2) is 0 Å². The molecule has 2 unspecified atom stereocenters. The molecule has 5 heterocycles. The Morgan fingerprint density at radius 2 is 1.94 bits per heavy atom. The molecule has 1 amide bonds. The van der Waals surface area contributed by atoms with Crippen LogP contribution < -0.4 is 0 Å². The molecule has 0 spiro atoms. The number of aromatic nitrogens is 3. The summed E-state index contributed by atoms with van der Waals surface area (Å²) in [6.45, 7) is -1.42. The van der Waals surface area contributed by atoms with E-state index in [1.54, 1.807) is 4.90 Å². The van der Waals surface area contributed by atoms with E-state index in [2.05, 4.69) is 20.1 Å². The van der Waals surface area contributed by atoms with E-state index >= 15 is 0 Å². The largest absolute Gasteiger partial charge is 0.408 e. The van der Waals surface area contributed by atoms with E-state index in [9.17, 15) is 27.5 Å². The predicted molar refractivity (Wildman–Crippen MR) is 120 cm³/mol. The maximum atomic E-state index is 13.8. The molecule has 5 rings (SSSR count). The molecule has 0 radical (unpaired) electrons. The van der Waals surface area contributed by atoms with E-state index in [0.29, 0.717) is 12.8 Å². The van der Waals surface area contributed by atoms with Crippen LogP contribution in [0.3, 0.4) is 0 Å². The fourth-order valence-electron chi connectivity index (χ4n) is 5.00. The average Bonchev–Trinajstić information content (AvgIpc) is 3.31. The molecule has 2 bridgehead atoms. The number of alkyl halides is 3. The number of aliphatic imine (C=N–C) groups is 2. The Balaban J connectivity index is 1.57. The summed E-state index contributed by atoms with van der Waals surface area (Å²) < 4.78 is 54.6. The highest BCUT2D eigenvalue weighted by Crippen LogP contribution is 2.37. The van der Waals surface area contributed by atoms with Gasteiger partial charge in [0.2, 0.25) is 0 Å². The Kier molecular flexibility index (Phi) is 5.99. The number of halogens is 4. The summed E-state index contributed by atoms with van der Waals surface area (Å²) in [5, 5.41) is 14.4. The molecule has 8 nitrogen and oxygen atoms in total. The van der Waals surface area contributed by atoms with Crippen molar-refractivity contribution in [2.24, 2.45) is 9.98 Å². The van der Waals surface area contributed by atoms with Gasteiger partial charge >= 0.3 is 6.18 Å².